The Hall–Kier alpha value is -1.30. The lowest BCUT2D eigenvalue weighted by atomic mass is 10.2. The van der Waals surface area contributed by atoms with Gasteiger partial charge in [-0.15, -0.1) is 0 Å². The summed E-state index contributed by atoms with van der Waals surface area (Å²) in [7, 11) is 0. The van der Waals surface area contributed by atoms with Crippen molar-refractivity contribution in [3.63, 3.8) is 0 Å². The highest BCUT2D eigenvalue weighted by Crippen LogP contribution is 2.02. The number of hydrogen-bond donors (Lipinski definition) is 0. The molecule has 3 heteroatoms. The molecule has 0 fully saturated rings. The molecule has 0 N–H and O–H groups in total. The lowest BCUT2D eigenvalue weighted by Gasteiger charge is -1.96. The fourth-order valence-electron chi connectivity index (χ4n) is 0.702. The van der Waals surface area contributed by atoms with Crippen LogP contribution in [0.2, 0.25) is 0 Å². The Bertz CT molecular complexity index is 213. The van der Waals surface area contributed by atoms with Gasteiger partial charge in [-0.25, -0.2) is 0 Å². The number of nitriles is 1. The van der Waals surface area contributed by atoms with Crippen LogP contribution in [-0.2, 0) is 9.53 Å². The van der Waals surface area contributed by atoms with Gasteiger partial charge in [0.05, 0.1) is 0 Å². The van der Waals surface area contributed by atoms with Gasteiger partial charge < -0.3 is 4.74 Å². The fourth-order valence-corrected chi connectivity index (χ4v) is 0.702. The molecule has 0 amide bonds. The topological polar surface area (TPSA) is 50.1 Å². The van der Waals surface area contributed by atoms with Crippen LogP contribution in [0.25, 0.3) is 0 Å². The molecule has 0 spiro atoms. The molecule has 0 aliphatic heterocycles. The van der Waals surface area contributed by atoms with E-state index in [9.17, 15) is 4.79 Å². The summed E-state index contributed by atoms with van der Waals surface area (Å²) in [4.78, 5) is 10.4. The summed E-state index contributed by atoms with van der Waals surface area (Å²) in [5.74, 6) is -0.338. The van der Waals surface area contributed by atoms with E-state index in [1.165, 1.54) is 6.92 Å². The van der Waals surface area contributed by atoms with Gasteiger partial charge in [0.25, 0.3) is 0 Å². The van der Waals surface area contributed by atoms with Gasteiger partial charge in [-0.3, -0.25) is 4.79 Å². The van der Waals surface area contributed by atoms with Gasteiger partial charge in [0.15, 0.2) is 0 Å². The van der Waals surface area contributed by atoms with E-state index in [1.807, 2.05) is 6.07 Å². The van der Waals surface area contributed by atoms with Crippen molar-refractivity contribution in [3.8, 4) is 6.07 Å². The maximum atomic E-state index is 10.4. The lowest BCUT2D eigenvalue weighted by molar-refractivity contribution is -0.136. The average molecular weight is 167 g/mol. The van der Waals surface area contributed by atoms with Crippen LogP contribution in [-0.4, -0.2) is 5.97 Å². The summed E-state index contributed by atoms with van der Waals surface area (Å²) in [6.07, 6.45) is 4.50. The number of allylic oxidation sites excluding steroid dienone is 2. The molecule has 0 aromatic rings. The van der Waals surface area contributed by atoms with Crippen molar-refractivity contribution in [1.82, 2.24) is 0 Å². The van der Waals surface area contributed by atoms with Crippen molar-refractivity contribution >= 4 is 5.97 Å². The van der Waals surface area contributed by atoms with Crippen molar-refractivity contribution in [1.29, 1.82) is 5.26 Å². The number of nitrogens with zero attached hydrogens (tertiary/aromatic N) is 1. The molecule has 0 bridgehead atoms. The summed E-state index contributed by atoms with van der Waals surface area (Å²) in [5.41, 5.74) is 0. The predicted octanol–water partition coefficient (Wildman–Crippen LogP) is 2.15. The first kappa shape index (κ1) is 10.7. The van der Waals surface area contributed by atoms with Crippen LogP contribution < -0.4 is 0 Å². The van der Waals surface area contributed by atoms with Crippen LogP contribution in [0.5, 0.6) is 0 Å². The van der Waals surface area contributed by atoms with Gasteiger partial charge in [0, 0.05) is 6.92 Å². The molecule has 0 saturated carbocycles. The van der Waals surface area contributed by atoms with E-state index in [1.54, 1.807) is 6.08 Å². The third-order valence-corrected chi connectivity index (χ3v) is 1.25. The largest absolute Gasteiger partial charge is 0.416 e. The standard InChI is InChI=1S/C9H13NO2/c1-3-4-5-6-9(7-10)12-8(2)11/h6H,3-5H2,1-2H3/b9-6-. The molecular formula is C9H13NO2. The third kappa shape index (κ3) is 5.48. The first-order chi connectivity index (χ1) is 5.70. The van der Waals surface area contributed by atoms with E-state index >= 15 is 0 Å². The van der Waals surface area contributed by atoms with Gasteiger partial charge in [-0.1, -0.05) is 13.3 Å². The number of unbranched alkanes of at least 4 members (excludes halogenated alkanes) is 2. The SMILES string of the molecule is CCCC/C=C(/C#N)OC(C)=O. The first-order valence-electron chi connectivity index (χ1n) is 3.99. The van der Waals surface area contributed by atoms with Crippen LogP contribution in [0, 0.1) is 11.3 Å². The van der Waals surface area contributed by atoms with E-state index < -0.39 is 5.97 Å². The zero-order chi connectivity index (χ0) is 9.40. The molecular weight excluding hydrogens is 154 g/mol. The molecule has 0 saturated heterocycles. The molecule has 12 heavy (non-hydrogen) atoms. The van der Waals surface area contributed by atoms with Gasteiger partial charge >= 0.3 is 5.97 Å². The monoisotopic (exact) mass is 167 g/mol. The van der Waals surface area contributed by atoms with Crippen LogP contribution in [0.15, 0.2) is 11.8 Å². The van der Waals surface area contributed by atoms with Gasteiger partial charge in [0.2, 0.25) is 5.76 Å². The maximum absolute atomic E-state index is 10.4. The second kappa shape index (κ2) is 6.41. The Morgan fingerprint density at radius 3 is 2.75 bits per heavy atom. The highest BCUT2D eigenvalue weighted by atomic mass is 16.5. The van der Waals surface area contributed by atoms with E-state index in [-0.39, 0.29) is 5.76 Å². The summed E-state index contributed by atoms with van der Waals surface area (Å²) in [6, 6.07) is 1.81. The van der Waals surface area contributed by atoms with Crippen LogP contribution >= 0.6 is 0 Å². The van der Waals surface area contributed by atoms with Crippen molar-refractivity contribution in [2.45, 2.75) is 33.1 Å². The van der Waals surface area contributed by atoms with Gasteiger partial charge in [0.1, 0.15) is 6.07 Å². The van der Waals surface area contributed by atoms with Crippen molar-refractivity contribution in [3.05, 3.63) is 11.8 Å². The molecule has 66 valence electrons. The van der Waals surface area contributed by atoms with Crippen LogP contribution in [0.4, 0.5) is 0 Å². The molecule has 0 aromatic heterocycles. The highest BCUT2D eigenvalue weighted by molar-refractivity contribution is 5.67. The minimum atomic E-state index is -0.445. The molecule has 0 atom stereocenters. The lowest BCUT2D eigenvalue weighted by Crippen LogP contribution is -1.96. The normalized spacial score (nSPS) is 10.6. The minimum absolute atomic E-state index is 0.107. The van der Waals surface area contributed by atoms with Crippen LogP contribution in [0.1, 0.15) is 33.1 Å². The zero-order valence-corrected chi connectivity index (χ0v) is 7.46. The quantitative estimate of drug-likeness (QED) is 0.279. The van der Waals surface area contributed by atoms with Crippen molar-refractivity contribution in [2.24, 2.45) is 0 Å². The predicted molar refractivity (Wildman–Crippen MR) is 45.0 cm³/mol. The molecule has 0 radical (unpaired) electrons. The van der Waals surface area contributed by atoms with Crippen molar-refractivity contribution < 1.29 is 9.53 Å². The number of carbonyl (C=O) groups excluding carboxylic acids is 1. The van der Waals surface area contributed by atoms with Gasteiger partial charge in [-0.05, 0) is 18.9 Å². The van der Waals surface area contributed by atoms with E-state index in [4.69, 9.17) is 5.26 Å². The summed E-state index contributed by atoms with van der Waals surface area (Å²) in [6.45, 7) is 3.34. The highest BCUT2D eigenvalue weighted by Gasteiger charge is 1.98. The number of esters is 1. The van der Waals surface area contributed by atoms with E-state index in [2.05, 4.69) is 11.7 Å². The molecule has 0 aromatic carbocycles. The molecule has 0 heterocycles. The number of hydrogen-bond acceptors (Lipinski definition) is 3. The number of rotatable bonds is 4. The fraction of sp³-hybridized carbons (Fsp3) is 0.556. The van der Waals surface area contributed by atoms with Crippen molar-refractivity contribution in [2.75, 3.05) is 0 Å². The molecule has 0 rings (SSSR count). The van der Waals surface area contributed by atoms with Crippen LogP contribution in [0.3, 0.4) is 0 Å². The summed E-state index contributed by atoms with van der Waals surface area (Å²) >= 11 is 0. The Labute approximate surface area is 72.6 Å². The number of carbonyl (C=O) groups is 1. The zero-order valence-electron chi connectivity index (χ0n) is 7.46. The third-order valence-electron chi connectivity index (χ3n) is 1.25. The smallest absolute Gasteiger partial charge is 0.308 e. The summed E-state index contributed by atoms with van der Waals surface area (Å²) < 4.78 is 4.61. The first-order valence-corrected chi connectivity index (χ1v) is 3.99. The second-order valence-electron chi connectivity index (χ2n) is 2.42. The van der Waals surface area contributed by atoms with E-state index in [0.29, 0.717) is 0 Å². The minimum Gasteiger partial charge on any atom is -0.416 e. The summed E-state index contributed by atoms with van der Waals surface area (Å²) in [5, 5.41) is 8.48. The second-order valence-corrected chi connectivity index (χ2v) is 2.42. The Morgan fingerprint density at radius 1 is 1.67 bits per heavy atom. The average Bonchev–Trinajstić information content (AvgIpc) is 2.02. The molecule has 3 nitrogen and oxygen atoms in total. The molecule has 0 unspecified atom stereocenters. The number of ether oxygens (including phenoxy) is 1. The Morgan fingerprint density at radius 2 is 2.33 bits per heavy atom. The van der Waals surface area contributed by atoms with Gasteiger partial charge in [-0.2, -0.15) is 5.26 Å². The Balaban J connectivity index is 3.89. The molecule has 0 aliphatic rings. The Kier molecular flexibility index (Phi) is 5.72. The maximum Gasteiger partial charge on any atom is 0.308 e. The molecule has 0 aliphatic carbocycles. The van der Waals surface area contributed by atoms with E-state index in [0.717, 1.165) is 19.3 Å².